The molecule has 7 heteroatoms. The van der Waals surface area contributed by atoms with E-state index in [4.69, 9.17) is 14.6 Å². The number of rotatable bonds is 3. The van der Waals surface area contributed by atoms with Gasteiger partial charge in [0.15, 0.2) is 0 Å². The number of carbonyl (C=O) groups excluding carboxylic acids is 2. The quantitative estimate of drug-likeness (QED) is 0.245. The summed E-state index contributed by atoms with van der Waals surface area (Å²) in [6, 6.07) is 25.7. The van der Waals surface area contributed by atoms with Crippen LogP contribution in [0.25, 0.3) is 34.0 Å². The third-order valence-corrected chi connectivity index (χ3v) is 5.13. The van der Waals surface area contributed by atoms with Gasteiger partial charge in [-0.1, -0.05) is 79.6 Å². The number of aromatic nitrogens is 4. The van der Waals surface area contributed by atoms with Gasteiger partial charge >= 0.3 is 21.1 Å². The minimum absolute atomic E-state index is 0. The average Bonchev–Trinajstić information content (AvgIpc) is 3.43. The van der Waals surface area contributed by atoms with E-state index in [-0.39, 0.29) is 21.1 Å². The minimum Gasteiger partial charge on any atom is -0.573 e. The van der Waals surface area contributed by atoms with Gasteiger partial charge in [-0.25, -0.2) is 4.98 Å². The molecule has 1 saturated carbocycles. The molecule has 6 nitrogen and oxygen atoms in total. The van der Waals surface area contributed by atoms with Gasteiger partial charge in [0.25, 0.3) is 0 Å². The molecule has 1 fully saturated rings. The Balaban J connectivity index is 0.000000476. The molecule has 0 N–H and O–H groups in total. The summed E-state index contributed by atoms with van der Waals surface area (Å²) >= 11 is 0. The van der Waals surface area contributed by atoms with Crippen molar-refractivity contribution in [3.05, 3.63) is 91.0 Å². The third kappa shape index (κ3) is 9.06. The summed E-state index contributed by atoms with van der Waals surface area (Å²) in [6.45, 7) is 11.3. The number of benzene rings is 2. The van der Waals surface area contributed by atoms with Gasteiger partial charge in [-0.05, 0) is 12.1 Å². The van der Waals surface area contributed by atoms with Gasteiger partial charge in [0, 0.05) is 17.3 Å². The summed E-state index contributed by atoms with van der Waals surface area (Å²) in [4.78, 5) is 24.1. The molecule has 2 aromatic heterocycles. The van der Waals surface area contributed by atoms with E-state index in [1.54, 1.807) is 12.1 Å². The summed E-state index contributed by atoms with van der Waals surface area (Å²) in [6.07, 6.45) is 7.43. The van der Waals surface area contributed by atoms with Crippen LogP contribution in [0.4, 0.5) is 0 Å². The Labute approximate surface area is 221 Å². The average molecular weight is 545 g/mol. The van der Waals surface area contributed by atoms with Crippen LogP contribution in [0, 0.1) is 5.92 Å². The van der Waals surface area contributed by atoms with E-state index in [0.29, 0.717) is 11.5 Å². The monoisotopic (exact) mass is 547 g/mol. The van der Waals surface area contributed by atoms with Crippen molar-refractivity contribution in [1.29, 1.82) is 0 Å². The van der Waals surface area contributed by atoms with Crippen molar-refractivity contribution in [3.8, 4) is 34.0 Å². The van der Waals surface area contributed by atoms with E-state index in [2.05, 4.69) is 35.7 Å². The van der Waals surface area contributed by atoms with Gasteiger partial charge in [0.2, 0.25) is 5.82 Å². The van der Waals surface area contributed by atoms with E-state index in [1.165, 1.54) is 25.7 Å². The van der Waals surface area contributed by atoms with Crippen molar-refractivity contribution < 1.29 is 30.7 Å². The van der Waals surface area contributed by atoms with E-state index in [0.717, 1.165) is 22.5 Å². The standard InChI is InChI=1S/C20H14N4.C6H11.2CO.Mo/c1-3-9-15(10-4-1)18-19(16-11-5-2-6-12-16)23-24-20(22-18)17-13-7-8-14-21-17;1-6-4-2-3-5-6;2*1-2;/h1-14H;2-5H2,1H3;;;/q;3*-1;+3. The van der Waals surface area contributed by atoms with Crippen LogP contribution in [0.15, 0.2) is 85.1 Å². The number of hydrogen-bond donors (Lipinski definition) is 0. The Hall–Kier alpha value is -3.37. The minimum atomic E-state index is 0. The Morgan fingerprint density at radius 2 is 1.20 bits per heavy atom. The van der Waals surface area contributed by atoms with Crippen LogP contribution < -0.4 is 0 Å². The summed E-state index contributed by atoms with van der Waals surface area (Å²) in [5.41, 5.74) is 4.27. The van der Waals surface area contributed by atoms with Crippen molar-refractivity contribution >= 4 is 13.6 Å². The summed E-state index contributed by atoms with van der Waals surface area (Å²) in [5.74, 6) is 2.23. The maximum absolute atomic E-state index is 7.50. The maximum atomic E-state index is 7.50. The molecular weight excluding hydrogens is 520 g/mol. The first kappa shape index (κ1) is 29.7. The van der Waals surface area contributed by atoms with Crippen molar-refractivity contribution in [1.82, 2.24) is 20.2 Å². The van der Waals surface area contributed by atoms with Crippen LogP contribution in [-0.2, 0) is 30.7 Å². The van der Waals surface area contributed by atoms with Crippen molar-refractivity contribution in [2.24, 2.45) is 0 Å². The van der Waals surface area contributed by atoms with Crippen LogP contribution >= 0.6 is 0 Å². The second kappa shape index (κ2) is 17.1. The first-order chi connectivity index (χ1) is 16.8. The molecule has 175 valence electrons. The largest absolute Gasteiger partial charge is 3.00 e. The molecule has 3 radical (unpaired) electrons. The van der Waals surface area contributed by atoms with E-state index in [1.807, 2.05) is 78.9 Å². The fourth-order valence-corrected chi connectivity index (χ4v) is 3.50. The van der Waals surface area contributed by atoms with Crippen LogP contribution in [0.3, 0.4) is 0 Å². The molecule has 5 rings (SSSR count). The molecule has 0 amide bonds. The van der Waals surface area contributed by atoms with Crippen LogP contribution in [0.5, 0.6) is 0 Å². The zero-order valence-electron chi connectivity index (χ0n) is 19.4. The second-order valence-electron chi connectivity index (χ2n) is 7.44. The first-order valence-corrected chi connectivity index (χ1v) is 10.8. The SMILES string of the molecule is C[C-]1CCCC1.[C-]=O.[C-]=O.[Mo+3].c1ccc(-c2nnc(-c3ccccn3)nc2-c2ccccc2)cc1. The summed E-state index contributed by atoms with van der Waals surface area (Å²) in [5, 5.41) is 8.74. The molecule has 0 bridgehead atoms. The van der Waals surface area contributed by atoms with Gasteiger partial charge in [0.05, 0.1) is 0 Å². The Bertz CT molecular complexity index is 1090. The molecule has 0 saturated heterocycles. The van der Waals surface area contributed by atoms with Crippen LogP contribution in [0.2, 0.25) is 0 Å². The van der Waals surface area contributed by atoms with Crippen LogP contribution in [0.1, 0.15) is 32.6 Å². The Kier molecular flexibility index (Phi) is 14.5. The van der Waals surface area contributed by atoms with Crippen molar-refractivity contribution in [3.63, 3.8) is 0 Å². The molecular formula is C28H25MoN4O2. The number of pyridine rings is 1. The molecule has 0 spiro atoms. The topological polar surface area (TPSA) is 85.7 Å². The van der Waals surface area contributed by atoms with Gasteiger partial charge in [-0.3, -0.25) is 4.98 Å². The smallest absolute Gasteiger partial charge is 0.573 e. The van der Waals surface area contributed by atoms with Gasteiger partial charge in [0.1, 0.15) is 17.1 Å². The zero-order valence-corrected chi connectivity index (χ0v) is 21.4. The van der Waals surface area contributed by atoms with E-state index >= 15 is 0 Å². The maximum Gasteiger partial charge on any atom is 3.00 e. The molecule has 4 aromatic rings. The first-order valence-electron chi connectivity index (χ1n) is 10.8. The van der Waals surface area contributed by atoms with Crippen molar-refractivity contribution in [2.75, 3.05) is 0 Å². The van der Waals surface area contributed by atoms with Crippen molar-refractivity contribution in [2.45, 2.75) is 32.6 Å². The zero-order chi connectivity index (χ0) is 24.6. The van der Waals surface area contributed by atoms with Gasteiger partial charge < -0.3 is 29.1 Å². The fraction of sp³-hybridized carbons (Fsp3) is 0.179. The molecule has 0 atom stereocenters. The molecule has 0 aliphatic heterocycles. The Morgan fingerprint density at radius 1 is 0.686 bits per heavy atom. The predicted molar refractivity (Wildman–Crippen MR) is 133 cm³/mol. The third-order valence-electron chi connectivity index (χ3n) is 5.13. The number of hydrogen-bond acceptors (Lipinski definition) is 6. The molecule has 1 aliphatic carbocycles. The Morgan fingerprint density at radius 3 is 1.66 bits per heavy atom. The number of nitrogens with zero attached hydrogens (tertiary/aromatic N) is 4. The molecule has 1 aliphatic rings. The van der Waals surface area contributed by atoms with Gasteiger partial charge in [-0.15, -0.1) is 10.2 Å². The molecule has 35 heavy (non-hydrogen) atoms. The second-order valence-corrected chi connectivity index (χ2v) is 7.44. The fourth-order valence-electron chi connectivity index (χ4n) is 3.50. The van der Waals surface area contributed by atoms with Gasteiger partial charge in [-0.2, -0.15) is 19.8 Å². The molecule has 0 unspecified atom stereocenters. The predicted octanol–water partition coefficient (Wildman–Crippen LogP) is 5.63. The normalized spacial score (nSPS) is 11.8. The molecule has 2 aromatic carbocycles. The summed E-state index contributed by atoms with van der Waals surface area (Å²) < 4.78 is 0. The summed E-state index contributed by atoms with van der Waals surface area (Å²) in [7, 11) is 0. The van der Waals surface area contributed by atoms with E-state index < -0.39 is 0 Å². The van der Waals surface area contributed by atoms with Crippen LogP contribution in [-0.4, -0.2) is 33.7 Å². The van der Waals surface area contributed by atoms with E-state index in [9.17, 15) is 0 Å². The molecule has 2 heterocycles.